The van der Waals surface area contributed by atoms with Gasteiger partial charge in [0.2, 0.25) is 0 Å². The standard InChI is InChI=1S/C32H43ClN2O2S/c1-4-35-22-28-16-15-26(28)13-6-5-10-24(2)23-38(3)34-32(36)27-17-18-31(30(35)21-27)37-19-8-7-11-25-12-9-14-29(33)20-25/h5-6,9,12,14,17-18,20-21,24,26,28H,4,7-8,10-11,13,15-16,19,22-23H2,1-3H3/b6-5+/t24-,26+,28-,38?/m0/s1. The van der Waals surface area contributed by atoms with Crippen LogP contribution in [0.25, 0.3) is 0 Å². The van der Waals surface area contributed by atoms with E-state index in [1.54, 1.807) is 0 Å². The Morgan fingerprint density at radius 3 is 2.66 bits per heavy atom. The van der Waals surface area contributed by atoms with E-state index >= 15 is 0 Å². The maximum Gasteiger partial charge on any atom is 0.282 e. The number of nitrogens with zero attached hydrogens (tertiary/aromatic N) is 2. The summed E-state index contributed by atoms with van der Waals surface area (Å²) in [4.78, 5) is 15.6. The Morgan fingerprint density at radius 1 is 1.08 bits per heavy atom. The van der Waals surface area contributed by atoms with Crippen LogP contribution in [-0.4, -0.2) is 37.6 Å². The SMILES string of the molecule is CCN1C[C@@H]2CC[C@H]2C/C=C/C[C@H](C)C/S(C)=N\C(=O)c2ccc(OCCCCc3cccc(Cl)c3)c1c2. The van der Waals surface area contributed by atoms with Gasteiger partial charge in [0.25, 0.3) is 5.91 Å². The van der Waals surface area contributed by atoms with Crippen LogP contribution in [0.2, 0.25) is 5.02 Å². The molecule has 1 heterocycles. The second kappa shape index (κ2) is 14.3. The summed E-state index contributed by atoms with van der Waals surface area (Å²) >= 11 is 6.13. The fourth-order valence-corrected chi connectivity index (χ4v) is 7.14. The topological polar surface area (TPSA) is 41.9 Å². The molecule has 4 nitrogen and oxygen atoms in total. The number of amides is 1. The number of halogens is 1. The number of carbonyl (C=O) groups is 1. The molecule has 0 radical (unpaired) electrons. The summed E-state index contributed by atoms with van der Waals surface area (Å²) < 4.78 is 10.9. The van der Waals surface area contributed by atoms with Crippen molar-refractivity contribution in [2.24, 2.45) is 22.1 Å². The fraction of sp³-hybridized carbons (Fsp3) is 0.531. The number of carbonyl (C=O) groups excluding carboxylic acids is 1. The zero-order chi connectivity index (χ0) is 26.9. The van der Waals surface area contributed by atoms with Gasteiger partial charge in [-0.25, -0.2) is 0 Å². The van der Waals surface area contributed by atoms with E-state index in [9.17, 15) is 4.79 Å². The van der Waals surface area contributed by atoms with Crippen LogP contribution in [0, 0.1) is 17.8 Å². The molecule has 0 saturated heterocycles. The zero-order valence-electron chi connectivity index (χ0n) is 23.2. The van der Waals surface area contributed by atoms with Gasteiger partial charge in [0.15, 0.2) is 0 Å². The molecule has 4 rings (SSSR count). The number of unbranched alkanes of at least 4 members (excludes halogenated alkanes) is 1. The molecule has 1 aliphatic carbocycles. The van der Waals surface area contributed by atoms with Crippen LogP contribution in [0.1, 0.15) is 68.3 Å². The molecule has 6 heteroatoms. The molecule has 1 fully saturated rings. The first-order valence-electron chi connectivity index (χ1n) is 14.2. The number of allylic oxidation sites excluding steroid dienone is 2. The van der Waals surface area contributed by atoms with Crippen molar-refractivity contribution in [3.05, 3.63) is 70.8 Å². The van der Waals surface area contributed by atoms with Gasteiger partial charge in [-0.15, -0.1) is 0 Å². The molecule has 206 valence electrons. The molecule has 0 spiro atoms. The predicted molar refractivity (Wildman–Crippen MR) is 163 cm³/mol. The van der Waals surface area contributed by atoms with Gasteiger partial charge in [0.05, 0.1) is 12.3 Å². The van der Waals surface area contributed by atoms with Crippen molar-refractivity contribution in [1.82, 2.24) is 0 Å². The zero-order valence-corrected chi connectivity index (χ0v) is 24.8. The minimum Gasteiger partial charge on any atom is -0.491 e. The number of rotatable bonds is 7. The smallest absolute Gasteiger partial charge is 0.282 e. The molecular weight excluding hydrogens is 512 g/mol. The van der Waals surface area contributed by atoms with E-state index in [4.69, 9.17) is 16.3 Å². The van der Waals surface area contributed by atoms with Crippen molar-refractivity contribution in [2.75, 3.05) is 36.6 Å². The summed E-state index contributed by atoms with van der Waals surface area (Å²) in [7, 11) is -0.286. The molecule has 1 amide bonds. The molecule has 1 saturated carbocycles. The van der Waals surface area contributed by atoms with Gasteiger partial charge >= 0.3 is 0 Å². The first kappa shape index (κ1) is 28.9. The number of aryl methyl sites for hydroxylation is 1. The summed E-state index contributed by atoms with van der Waals surface area (Å²) in [6.07, 6.45) is 14.6. The molecule has 2 aromatic carbocycles. The quantitative estimate of drug-likeness (QED) is 0.256. The van der Waals surface area contributed by atoms with E-state index in [1.165, 1.54) is 24.8 Å². The maximum absolute atomic E-state index is 13.1. The van der Waals surface area contributed by atoms with Crippen molar-refractivity contribution in [2.45, 2.75) is 58.8 Å². The molecular formula is C32H43ClN2O2S. The monoisotopic (exact) mass is 554 g/mol. The normalized spacial score (nSPS) is 25.6. The summed E-state index contributed by atoms with van der Waals surface area (Å²) in [6.45, 7) is 7.00. The molecule has 2 aromatic rings. The Bertz CT molecular complexity index is 1150. The Morgan fingerprint density at radius 2 is 1.89 bits per heavy atom. The van der Waals surface area contributed by atoms with Gasteiger partial charge in [-0.2, -0.15) is 4.36 Å². The largest absolute Gasteiger partial charge is 0.491 e. The molecule has 2 aliphatic rings. The minimum atomic E-state index is -0.286. The highest BCUT2D eigenvalue weighted by Gasteiger charge is 2.31. The van der Waals surface area contributed by atoms with Crippen LogP contribution in [0.5, 0.6) is 5.75 Å². The van der Waals surface area contributed by atoms with Gasteiger partial charge in [0.1, 0.15) is 5.75 Å². The summed E-state index contributed by atoms with van der Waals surface area (Å²) in [5.41, 5.74) is 2.95. The second-order valence-corrected chi connectivity index (χ2v) is 13.1. The molecule has 38 heavy (non-hydrogen) atoms. The van der Waals surface area contributed by atoms with Gasteiger partial charge in [-0.3, -0.25) is 4.79 Å². The number of ether oxygens (including phenoxy) is 1. The number of hydrogen-bond acceptors (Lipinski definition) is 3. The van der Waals surface area contributed by atoms with Gasteiger partial charge in [-0.05, 0) is 112 Å². The number of benzene rings is 2. The van der Waals surface area contributed by atoms with Crippen molar-refractivity contribution < 1.29 is 9.53 Å². The predicted octanol–water partition coefficient (Wildman–Crippen LogP) is 8.15. The molecule has 0 aromatic heterocycles. The van der Waals surface area contributed by atoms with Crippen LogP contribution in [0.15, 0.2) is 59.0 Å². The highest BCUT2D eigenvalue weighted by atomic mass is 35.5. The van der Waals surface area contributed by atoms with Crippen LogP contribution >= 0.6 is 11.6 Å². The summed E-state index contributed by atoms with van der Waals surface area (Å²) in [6, 6.07) is 14.0. The lowest BCUT2D eigenvalue weighted by Gasteiger charge is -2.40. The van der Waals surface area contributed by atoms with Crippen LogP contribution < -0.4 is 9.64 Å². The molecule has 4 atom stereocenters. The Hall–Kier alpha value is -2.11. The van der Waals surface area contributed by atoms with Crippen LogP contribution in [-0.2, 0) is 17.1 Å². The lowest BCUT2D eigenvalue weighted by Crippen LogP contribution is -2.38. The second-order valence-electron chi connectivity index (χ2n) is 11.0. The summed E-state index contributed by atoms with van der Waals surface area (Å²) in [5, 5.41) is 0.788. The average molecular weight is 555 g/mol. The Balaban J connectivity index is 1.50. The van der Waals surface area contributed by atoms with Crippen LogP contribution in [0.4, 0.5) is 5.69 Å². The number of hydrogen-bond donors (Lipinski definition) is 0. The van der Waals surface area contributed by atoms with E-state index in [-0.39, 0.29) is 16.6 Å². The van der Waals surface area contributed by atoms with E-state index in [2.05, 4.69) is 47.6 Å². The van der Waals surface area contributed by atoms with Crippen LogP contribution in [0.3, 0.4) is 0 Å². The summed E-state index contributed by atoms with van der Waals surface area (Å²) in [5.74, 6) is 3.67. The third-order valence-electron chi connectivity index (χ3n) is 7.87. The van der Waals surface area contributed by atoms with Gasteiger partial charge in [-0.1, -0.05) is 53.5 Å². The van der Waals surface area contributed by atoms with Crippen molar-refractivity contribution in [3.63, 3.8) is 0 Å². The first-order chi connectivity index (χ1) is 18.4. The third kappa shape index (κ3) is 8.19. The van der Waals surface area contributed by atoms with E-state index in [1.807, 2.05) is 36.4 Å². The maximum atomic E-state index is 13.1. The van der Waals surface area contributed by atoms with Gasteiger partial charge in [0, 0.05) is 29.4 Å². The Labute approximate surface area is 236 Å². The Kier molecular flexibility index (Phi) is 10.9. The lowest BCUT2D eigenvalue weighted by molar-refractivity contribution is 0.101. The lowest BCUT2D eigenvalue weighted by atomic mass is 9.71. The first-order valence-corrected chi connectivity index (χ1v) is 16.4. The highest BCUT2D eigenvalue weighted by Crippen LogP contribution is 2.40. The molecule has 1 unspecified atom stereocenters. The van der Waals surface area contributed by atoms with E-state index < -0.39 is 0 Å². The van der Waals surface area contributed by atoms with E-state index in [0.29, 0.717) is 24.0 Å². The molecule has 1 aliphatic heterocycles. The van der Waals surface area contributed by atoms with Crippen molar-refractivity contribution in [3.8, 4) is 5.75 Å². The molecule has 0 N–H and O–H groups in total. The third-order valence-corrected chi connectivity index (χ3v) is 9.64. The number of fused-ring (bicyclic) bond motifs is 3. The number of anilines is 1. The van der Waals surface area contributed by atoms with E-state index in [0.717, 1.165) is 66.9 Å². The average Bonchev–Trinajstić information content (AvgIpc) is 2.88. The fourth-order valence-electron chi connectivity index (χ4n) is 5.51. The minimum absolute atomic E-state index is 0.113. The van der Waals surface area contributed by atoms with Crippen molar-refractivity contribution >= 4 is 33.9 Å². The highest BCUT2D eigenvalue weighted by molar-refractivity contribution is 7.86. The molecule has 2 bridgehead atoms. The van der Waals surface area contributed by atoms with Gasteiger partial charge < -0.3 is 9.64 Å². The van der Waals surface area contributed by atoms with Crippen molar-refractivity contribution in [1.29, 1.82) is 0 Å².